The summed E-state index contributed by atoms with van der Waals surface area (Å²) in [5.74, 6) is -0.584. The van der Waals surface area contributed by atoms with Gasteiger partial charge >= 0.3 is 0 Å². The van der Waals surface area contributed by atoms with Gasteiger partial charge in [-0.2, -0.15) is 0 Å². The fourth-order valence-corrected chi connectivity index (χ4v) is 2.38. The number of furan rings is 1. The normalized spacial score (nSPS) is 17.0. The van der Waals surface area contributed by atoms with Crippen LogP contribution in [-0.4, -0.2) is 16.9 Å². The summed E-state index contributed by atoms with van der Waals surface area (Å²) in [6.07, 6.45) is 2.88. The van der Waals surface area contributed by atoms with Crippen molar-refractivity contribution in [1.29, 1.82) is 0 Å². The van der Waals surface area contributed by atoms with Crippen molar-refractivity contribution in [1.82, 2.24) is 5.32 Å². The SMILES string of the molecule is Cc1ccc(N2C(=O)/C(=C/c3ccco3)C(=O)NC2=S)cc1. The van der Waals surface area contributed by atoms with Gasteiger partial charge in [-0.3, -0.25) is 19.8 Å². The molecule has 3 rings (SSSR count). The monoisotopic (exact) mass is 312 g/mol. The number of rotatable bonds is 2. The van der Waals surface area contributed by atoms with Gasteiger partial charge in [-0.15, -0.1) is 0 Å². The number of nitrogens with zero attached hydrogens (tertiary/aromatic N) is 1. The highest BCUT2D eigenvalue weighted by molar-refractivity contribution is 7.80. The quantitative estimate of drug-likeness (QED) is 0.525. The maximum atomic E-state index is 12.6. The standard InChI is InChI=1S/C16H12N2O3S/c1-10-4-6-11(7-5-10)18-15(20)13(14(19)17-16(18)22)9-12-3-2-8-21-12/h2-9H,1H3,(H,17,19,22)/b13-9+. The zero-order valence-corrected chi connectivity index (χ0v) is 12.5. The molecule has 2 heterocycles. The Balaban J connectivity index is 2.01. The summed E-state index contributed by atoms with van der Waals surface area (Å²) >= 11 is 5.12. The molecule has 1 aromatic heterocycles. The Morgan fingerprint density at radius 1 is 1.18 bits per heavy atom. The highest BCUT2D eigenvalue weighted by atomic mass is 32.1. The van der Waals surface area contributed by atoms with Gasteiger partial charge < -0.3 is 4.42 Å². The second-order valence-corrected chi connectivity index (χ2v) is 5.20. The van der Waals surface area contributed by atoms with Gasteiger partial charge in [-0.05, 0) is 49.5 Å². The van der Waals surface area contributed by atoms with Gasteiger partial charge in [0.25, 0.3) is 11.8 Å². The number of benzene rings is 1. The van der Waals surface area contributed by atoms with E-state index in [0.717, 1.165) is 5.56 Å². The Hall–Kier alpha value is -2.73. The predicted molar refractivity (Wildman–Crippen MR) is 86.1 cm³/mol. The molecule has 1 aliphatic rings. The summed E-state index contributed by atoms with van der Waals surface area (Å²) in [7, 11) is 0. The smallest absolute Gasteiger partial charge is 0.270 e. The van der Waals surface area contributed by atoms with E-state index in [1.807, 2.05) is 19.1 Å². The van der Waals surface area contributed by atoms with Gasteiger partial charge in [0.2, 0.25) is 0 Å². The Bertz CT molecular complexity index is 776. The van der Waals surface area contributed by atoms with Crippen molar-refractivity contribution in [3.8, 4) is 0 Å². The van der Waals surface area contributed by atoms with Crippen LogP contribution in [0.15, 0.2) is 52.7 Å². The van der Waals surface area contributed by atoms with Gasteiger partial charge in [0, 0.05) is 0 Å². The van der Waals surface area contributed by atoms with Gasteiger partial charge in [-0.1, -0.05) is 17.7 Å². The van der Waals surface area contributed by atoms with Crippen molar-refractivity contribution < 1.29 is 14.0 Å². The molecule has 2 amide bonds. The molecule has 2 aromatic rings. The molecule has 0 aliphatic carbocycles. The van der Waals surface area contributed by atoms with Gasteiger partial charge in [-0.25, -0.2) is 0 Å². The van der Waals surface area contributed by atoms with Crippen molar-refractivity contribution in [2.45, 2.75) is 6.92 Å². The molecule has 1 N–H and O–H groups in total. The summed E-state index contributed by atoms with van der Waals surface area (Å²) < 4.78 is 5.16. The van der Waals surface area contributed by atoms with Gasteiger partial charge in [0.05, 0.1) is 12.0 Å². The van der Waals surface area contributed by atoms with Crippen molar-refractivity contribution in [2.75, 3.05) is 4.90 Å². The predicted octanol–water partition coefficient (Wildman–Crippen LogP) is 2.42. The molecule has 5 nitrogen and oxygen atoms in total. The van der Waals surface area contributed by atoms with E-state index in [0.29, 0.717) is 11.4 Å². The molecule has 1 aromatic carbocycles. The topological polar surface area (TPSA) is 62.6 Å². The lowest BCUT2D eigenvalue weighted by Gasteiger charge is -2.28. The molecular weight excluding hydrogens is 300 g/mol. The molecule has 1 aliphatic heterocycles. The Labute approximate surface area is 132 Å². The maximum Gasteiger partial charge on any atom is 0.270 e. The highest BCUT2D eigenvalue weighted by Gasteiger charge is 2.34. The summed E-state index contributed by atoms with van der Waals surface area (Å²) in [4.78, 5) is 25.9. The molecule has 22 heavy (non-hydrogen) atoms. The van der Waals surface area contributed by atoms with E-state index in [1.165, 1.54) is 17.2 Å². The van der Waals surface area contributed by atoms with Crippen molar-refractivity contribution in [3.05, 3.63) is 59.6 Å². The van der Waals surface area contributed by atoms with E-state index in [1.54, 1.807) is 24.3 Å². The third-order valence-electron chi connectivity index (χ3n) is 3.22. The number of thiocarbonyl (C=S) groups is 1. The average Bonchev–Trinajstić information content (AvgIpc) is 2.98. The van der Waals surface area contributed by atoms with Crippen molar-refractivity contribution >= 4 is 40.9 Å². The number of hydrogen-bond acceptors (Lipinski definition) is 4. The van der Waals surface area contributed by atoms with Crippen LogP contribution in [0.25, 0.3) is 6.08 Å². The summed E-state index contributed by atoms with van der Waals surface area (Å²) in [6, 6.07) is 10.6. The van der Waals surface area contributed by atoms with Crippen molar-refractivity contribution in [3.63, 3.8) is 0 Å². The largest absolute Gasteiger partial charge is 0.465 e. The van der Waals surface area contributed by atoms with E-state index in [-0.39, 0.29) is 10.7 Å². The maximum absolute atomic E-state index is 12.6. The van der Waals surface area contributed by atoms with E-state index in [2.05, 4.69) is 5.32 Å². The Kier molecular flexibility index (Phi) is 3.60. The van der Waals surface area contributed by atoms with E-state index >= 15 is 0 Å². The fourth-order valence-electron chi connectivity index (χ4n) is 2.10. The fraction of sp³-hybridized carbons (Fsp3) is 0.0625. The van der Waals surface area contributed by atoms with Gasteiger partial charge in [0.1, 0.15) is 11.3 Å². The first-order valence-electron chi connectivity index (χ1n) is 6.58. The van der Waals surface area contributed by atoms with Crippen LogP contribution in [0.2, 0.25) is 0 Å². The van der Waals surface area contributed by atoms with Crippen molar-refractivity contribution in [2.24, 2.45) is 0 Å². The number of hydrogen-bond donors (Lipinski definition) is 1. The molecule has 0 saturated carbocycles. The highest BCUT2D eigenvalue weighted by Crippen LogP contribution is 2.22. The van der Waals surface area contributed by atoms with Crippen LogP contribution in [0.5, 0.6) is 0 Å². The van der Waals surface area contributed by atoms with E-state index < -0.39 is 11.8 Å². The third-order valence-corrected chi connectivity index (χ3v) is 3.51. The minimum absolute atomic E-state index is 0.0240. The molecular formula is C16H12N2O3S. The lowest BCUT2D eigenvalue weighted by molar-refractivity contribution is -0.122. The summed E-state index contributed by atoms with van der Waals surface area (Å²) in [6.45, 7) is 1.95. The van der Waals surface area contributed by atoms with Crippen LogP contribution < -0.4 is 10.2 Å². The molecule has 6 heteroatoms. The van der Waals surface area contributed by atoms with Crippen LogP contribution in [0.1, 0.15) is 11.3 Å². The second-order valence-electron chi connectivity index (χ2n) is 4.81. The van der Waals surface area contributed by atoms with E-state index in [9.17, 15) is 9.59 Å². The minimum atomic E-state index is -0.533. The number of anilines is 1. The average molecular weight is 312 g/mol. The zero-order chi connectivity index (χ0) is 15.7. The summed E-state index contributed by atoms with van der Waals surface area (Å²) in [5.41, 5.74) is 1.64. The molecule has 0 atom stereocenters. The van der Waals surface area contributed by atoms with Crippen LogP contribution >= 0.6 is 12.2 Å². The lowest BCUT2D eigenvalue weighted by Crippen LogP contribution is -2.54. The summed E-state index contributed by atoms with van der Waals surface area (Å²) in [5, 5.41) is 2.59. The lowest BCUT2D eigenvalue weighted by atomic mass is 10.1. The number of aryl methyl sites for hydroxylation is 1. The molecule has 0 radical (unpaired) electrons. The number of carbonyl (C=O) groups excluding carboxylic acids is 2. The molecule has 0 unspecified atom stereocenters. The molecule has 1 fully saturated rings. The number of amides is 2. The first-order chi connectivity index (χ1) is 10.6. The molecule has 1 saturated heterocycles. The van der Waals surface area contributed by atoms with Crippen LogP contribution in [0.3, 0.4) is 0 Å². The first-order valence-corrected chi connectivity index (χ1v) is 6.99. The molecule has 110 valence electrons. The first kappa shape index (κ1) is 14.2. The minimum Gasteiger partial charge on any atom is -0.465 e. The van der Waals surface area contributed by atoms with Crippen LogP contribution in [-0.2, 0) is 9.59 Å². The number of carbonyl (C=O) groups is 2. The van der Waals surface area contributed by atoms with Gasteiger partial charge in [0.15, 0.2) is 5.11 Å². The third kappa shape index (κ3) is 2.56. The Morgan fingerprint density at radius 2 is 1.91 bits per heavy atom. The zero-order valence-electron chi connectivity index (χ0n) is 11.7. The molecule has 0 spiro atoms. The number of nitrogens with one attached hydrogen (secondary N) is 1. The van der Waals surface area contributed by atoms with Crippen LogP contribution in [0.4, 0.5) is 5.69 Å². The molecule has 0 bridgehead atoms. The van der Waals surface area contributed by atoms with E-state index in [4.69, 9.17) is 16.6 Å². The second kappa shape index (κ2) is 5.57. The Morgan fingerprint density at radius 3 is 2.55 bits per heavy atom. The van der Waals surface area contributed by atoms with Crippen LogP contribution in [0, 0.1) is 6.92 Å².